The SMILES string of the molecule is [N-]=[N+]=CC(=O)C(C[C@@H]1CCNC1=O)NC(=O)O. The molecule has 1 rings (SSSR count). The molecule has 1 fully saturated rings. The van der Waals surface area contributed by atoms with E-state index in [1.165, 1.54) is 0 Å². The quantitative estimate of drug-likeness (QED) is 0.323. The molecule has 0 aromatic heterocycles. The lowest BCUT2D eigenvalue weighted by Gasteiger charge is -2.14. The molecule has 92 valence electrons. The van der Waals surface area contributed by atoms with Gasteiger partial charge in [0.05, 0.1) is 0 Å². The summed E-state index contributed by atoms with van der Waals surface area (Å²) in [4.78, 5) is 35.8. The molecule has 0 bridgehead atoms. The summed E-state index contributed by atoms with van der Waals surface area (Å²) in [7, 11) is 0. The smallest absolute Gasteiger partial charge is 0.405 e. The molecule has 0 radical (unpaired) electrons. The third-order valence-corrected chi connectivity index (χ3v) is 2.51. The van der Waals surface area contributed by atoms with Crippen molar-refractivity contribution < 1.29 is 24.3 Å². The maximum atomic E-state index is 11.4. The Labute approximate surface area is 96.6 Å². The minimum absolute atomic E-state index is 0.0585. The highest BCUT2D eigenvalue weighted by Gasteiger charge is 2.31. The fourth-order valence-electron chi connectivity index (χ4n) is 1.70. The van der Waals surface area contributed by atoms with Gasteiger partial charge in [-0.3, -0.25) is 9.59 Å². The van der Waals surface area contributed by atoms with Gasteiger partial charge in [0, 0.05) is 12.5 Å². The fourth-order valence-corrected chi connectivity index (χ4v) is 1.70. The number of rotatable bonds is 5. The van der Waals surface area contributed by atoms with E-state index in [0.29, 0.717) is 19.2 Å². The molecule has 1 aliphatic heterocycles. The average molecular weight is 240 g/mol. The molecule has 2 amide bonds. The summed E-state index contributed by atoms with van der Waals surface area (Å²) in [5.41, 5.74) is 8.23. The molecule has 1 aliphatic rings. The van der Waals surface area contributed by atoms with Crippen LogP contribution in [0.3, 0.4) is 0 Å². The van der Waals surface area contributed by atoms with Gasteiger partial charge in [0.1, 0.15) is 6.04 Å². The molecule has 3 N–H and O–H groups in total. The van der Waals surface area contributed by atoms with Gasteiger partial charge in [-0.1, -0.05) is 0 Å². The van der Waals surface area contributed by atoms with E-state index in [1.54, 1.807) is 0 Å². The second kappa shape index (κ2) is 5.76. The molecule has 0 spiro atoms. The first-order valence-corrected chi connectivity index (χ1v) is 5.03. The summed E-state index contributed by atoms with van der Waals surface area (Å²) in [5, 5.41) is 13.2. The molecule has 8 heteroatoms. The van der Waals surface area contributed by atoms with Crippen LogP contribution in [0.2, 0.25) is 0 Å². The van der Waals surface area contributed by atoms with E-state index < -0.39 is 23.8 Å². The zero-order valence-corrected chi connectivity index (χ0v) is 8.92. The lowest BCUT2D eigenvalue weighted by atomic mass is 9.96. The van der Waals surface area contributed by atoms with E-state index in [1.807, 2.05) is 5.32 Å². The van der Waals surface area contributed by atoms with Gasteiger partial charge in [-0.05, 0) is 12.8 Å². The first-order valence-electron chi connectivity index (χ1n) is 5.03. The lowest BCUT2D eigenvalue weighted by molar-refractivity contribution is -0.123. The van der Waals surface area contributed by atoms with E-state index in [9.17, 15) is 14.4 Å². The van der Waals surface area contributed by atoms with Crippen LogP contribution in [0.25, 0.3) is 5.53 Å². The van der Waals surface area contributed by atoms with Crippen LogP contribution in [0.15, 0.2) is 0 Å². The van der Waals surface area contributed by atoms with E-state index >= 15 is 0 Å². The van der Waals surface area contributed by atoms with Crippen molar-refractivity contribution in [3.8, 4) is 0 Å². The molecule has 2 atom stereocenters. The highest BCUT2D eigenvalue weighted by atomic mass is 16.4. The Morgan fingerprint density at radius 3 is 2.88 bits per heavy atom. The lowest BCUT2D eigenvalue weighted by Crippen LogP contribution is -2.43. The van der Waals surface area contributed by atoms with Crippen molar-refractivity contribution in [1.82, 2.24) is 10.6 Å². The normalized spacial score (nSPS) is 20.0. The Kier molecular flexibility index (Phi) is 4.36. The predicted molar refractivity (Wildman–Crippen MR) is 55.4 cm³/mol. The van der Waals surface area contributed by atoms with Crippen LogP contribution in [0, 0.1) is 5.92 Å². The van der Waals surface area contributed by atoms with Crippen molar-refractivity contribution in [1.29, 1.82) is 0 Å². The molecule has 0 aromatic carbocycles. The second-order valence-corrected chi connectivity index (χ2v) is 3.66. The van der Waals surface area contributed by atoms with Gasteiger partial charge in [-0.2, -0.15) is 4.79 Å². The highest BCUT2D eigenvalue weighted by molar-refractivity contribution is 6.28. The number of carbonyl (C=O) groups excluding carboxylic acids is 2. The van der Waals surface area contributed by atoms with Crippen LogP contribution in [0.4, 0.5) is 4.79 Å². The number of carbonyl (C=O) groups is 3. The van der Waals surface area contributed by atoms with Gasteiger partial charge < -0.3 is 21.3 Å². The van der Waals surface area contributed by atoms with E-state index in [4.69, 9.17) is 10.6 Å². The number of Topliss-reactive ketones (excluding diaryl/α,β-unsaturated/α-hetero) is 1. The summed E-state index contributed by atoms with van der Waals surface area (Å²) in [6, 6.07) is -1.07. The highest BCUT2D eigenvalue weighted by Crippen LogP contribution is 2.16. The number of nitrogens with zero attached hydrogens (tertiary/aromatic N) is 2. The van der Waals surface area contributed by atoms with Gasteiger partial charge in [0.25, 0.3) is 5.78 Å². The van der Waals surface area contributed by atoms with Gasteiger partial charge in [-0.15, -0.1) is 0 Å². The summed E-state index contributed by atoms with van der Waals surface area (Å²) in [6.07, 6.45) is -0.135. The van der Waals surface area contributed by atoms with Crippen LogP contribution >= 0.6 is 0 Å². The third-order valence-electron chi connectivity index (χ3n) is 2.51. The van der Waals surface area contributed by atoms with Crippen molar-refractivity contribution >= 4 is 24.0 Å². The summed E-state index contributed by atoms with van der Waals surface area (Å²) in [5.74, 6) is -1.28. The maximum Gasteiger partial charge on any atom is 0.405 e. The van der Waals surface area contributed by atoms with Crippen molar-refractivity contribution in [3.05, 3.63) is 5.53 Å². The molecule has 0 saturated carbocycles. The zero-order valence-electron chi connectivity index (χ0n) is 8.92. The summed E-state index contributed by atoms with van der Waals surface area (Å²) >= 11 is 0. The fraction of sp³-hybridized carbons (Fsp3) is 0.556. The first-order chi connectivity index (χ1) is 8.04. The Morgan fingerprint density at radius 2 is 2.41 bits per heavy atom. The Morgan fingerprint density at radius 1 is 1.71 bits per heavy atom. The Bertz CT molecular complexity index is 388. The molecular formula is C9H12N4O4. The summed E-state index contributed by atoms with van der Waals surface area (Å²) < 4.78 is 0. The van der Waals surface area contributed by atoms with E-state index in [-0.39, 0.29) is 12.3 Å². The zero-order chi connectivity index (χ0) is 12.8. The topological polar surface area (TPSA) is 132 Å². The minimum atomic E-state index is -1.37. The maximum absolute atomic E-state index is 11.4. The minimum Gasteiger partial charge on any atom is -0.465 e. The van der Waals surface area contributed by atoms with E-state index in [2.05, 4.69) is 10.1 Å². The molecule has 8 nitrogen and oxygen atoms in total. The van der Waals surface area contributed by atoms with Gasteiger partial charge in [0.2, 0.25) is 5.91 Å². The average Bonchev–Trinajstić information content (AvgIpc) is 2.63. The van der Waals surface area contributed by atoms with Crippen molar-refractivity contribution in [3.63, 3.8) is 0 Å². The molecular weight excluding hydrogens is 228 g/mol. The van der Waals surface area contributed by atoms with Crippen LogP contribution in [0.5, 0.6) is 0 Å². The molecule has 1 unspecified atom stereocenters. The monoisotopic (exact) mass is 240 g/mol. The predicted octanol–water partition coefficient (Wildman–Crippen LogP) is -0.981. The van der Waals surface area contributed by atoms with Crippen molar-refractivity contribution in [2.75, 3.05) is 6.54 Å². The second-order valence-electron chi connectivity index (χ2n) is 3.66. The largest absolute Gasteiger partial charge is 0.465 e. The standard InChI is InChI=1S/C9H12N4O4/c10-12-4-7(14)6(13-9(16)17)3-5-1-2-11-8(5)15/h4-6,13H,1-3H2,(H,11,15)(H,16,17)/t5-,6?/m0/s1. The van der Waals surface area contributed by atoms with Gasteiger partial charge in [-0.25, -0.2) is 4.79 Å². The molecule has 1 heterocycles. The van der Waals surface area contributed by atoms with Gasteiger partial charge >= 0.3 is 12.3 Å². The van der Waals surface area contributed by atoms with Crippen LogP contribution in [-0.2, 0) is 9.59 Å². The molecule has 0 aliphatic carbocycles. The van der Waals surface area contributed by atoms with E-state index in [0.717, 1.165) is 0 Å². The molecule has 17 heavy (non-hydrogen) atoms. The van der Waals surface area contributed by atoms with Crippen molar-refractivity contribution in [2.45, 2.75) is 18.9 Å². The number of nitrogens with one attached hydrogen (secondary N) is 2. The first kappa shape index (κ1) is 12.9. The summed E-state index contributed by atoms with van der Waals surface area (Å²) in [6.45, 7) is 0.519. The Balaban J connectivity index is 2.68. The van der Waals surface area contributed by atoms with Crippen LogP contribution in [-0.4, -0.2) is 46.5 Å². The number of hydrogen-bond donors (Lipinski definition) is 3. The van der Waals surface area contributed by atoms with Gasteiger partial charge in [0.15, 0.2) is 0 Å². The molecule has 0 aromatic rings. The Hall–Kier alpha value is -2.21. The van der Waals surface area contributed by atoms with Crippen LogP contribution < -0.4 is 10.6 Å². The van der Waals surface area contributed by atoms with Crippen molar-refractivity contribution in [2.24, 2.45) is 5.92 Å². The molecule has 1 saturated heterocycles. The number of carboxylic acid groups (broad SMARTS) is 1. The number of amides is 2. The number of ketones is 1. The number of hydrogen-bond acceptors (Lipinski definition) is 3. The van der Waals surface area contributed by atoms with Crippen LogP contribution in [0.1, 0.15) is 12.8 Å². The third kappa shape index (κ3) is 3.69.